The van der Waals surface area contributed by atoms with E-state index < -0.39 is 5.91 Å². The molecule has 1 aliphatic carbocycles. The second-order valence-electron chi connectivity index (χ2n) is 4.69. The number of nitrogens with zero attached hydrogens (tertiary/aromatic N) is 2. The van der Waals surface area contributed by atoms with Crippen molar-refractivity contribution < 1.29 is 9.59 Å². The second-order valence-corrected chi connectivity index (χ2v) is 5.10. The van der Waals surface area contributed by atoms with Crippen molar-refractivity contribution in [1.82, 2.24) is 9.88 Å². The number of aromatic nitrogens is 1. The van der Waals surface area contributed by atoms with Crippen molar-refractivity contribution in [2.45, 2.75) is 31.7 Å². The van der Waals surface area contributed by atoms with Crippen LogP contribution in [0.15, 0.2) is 18.5 Å². The van der Waals surface area contributed by atoms with E-state index in [4.69, 9.17) is 17.3 Å². The van der Waals surface area contributed by atoms with Crippen LogP contribution in [0.4, 0.5) is 0 Å². The van der Waals surface area contributed by atoms with Crippen LogP contribution in [0.2, 0.25) is 5.02 Å². The van der Waals surface area contributed by atoms with Crippen LogP contribution < -0.4 is 5.73 Å². The molecule has 0 atom stereocenters. The van der Waals surface area contributed by atoms with Gasteiger partial charge in [-0.15, -0.1) is 0 Å². The van der Waals surface area contributed by atoms with Gasteiger partial charge in [-0.25, -0.2) is 0 Å². The first-order valence-electron chi connectivity index (χ1n) is 6.28. The predicted octanol–water partition coefficient (Wildman–Crippen LogP) is 1.61. The maximum Gasteiger partial charge on any atom is 0.257 e. The third kappa shape index (κ3) is 3.23. The van der Waals surface area contributed by atoms with Gasteiger partial charge in [0.25, 0.3) is 5.91 Å². The Morgan fingerprint density at radius 1 is 1.42 bits per heavy atom. The number of amides is 2. The second kappa shape index (κ2) is 6.02. The Bertz CT molecular complexity index is 487. The molecule has 0 saturated heterocycles. The highest BCUT2D eigenvalue weighted by molar-refractivity contribution is 6.33. The van der Waals surface area contributed by atoms with Crippen molar-refractivity contribution in [3.8, 4) is 0 Å². The molecular weight excluding hydrogens is 266 g/mol. The summed E-state index contributed by atoms with van der Waals surface area (Å²) in [7, 11) is 0. The number of halogens is 1. The molecule has 102 valence electrons. The van der Waals surface area contributed by atoms with Crippen molar-refractivity contribution >= 4 is 23.4 Å². The third-order valence-electron chi connectivity index (χ3n) is 3.35. The van der Waals surface area contributed by atoms with Crippen LogP contribution in [0.3, 0.4) is 0 Å². The first-order chi connectivity index (χ1) is 9.09. The Hall–Kier alpha value is -1.62. The minimum absolute atomic E-state index is 0.0660. The molecule has 2 N–H and O–H groups in total. The molecule has 0 spiro atoms. The van der Waals surface area contributed by atoms with E-state index in [2.05, 4.69) is 4.98 Å². The molecule has 1 saturated carbocycles. The lowest BCUT2D eigenvalue weighted by molar-refractivity contribution is -0.119. The van der Waals surface area contributed by atoms with Gasteiger partial charge in [0.2, 0.25) is 5.91 Å². The molecule has 1 aromatic heterocycles. The van der Waals surface area contributed by atoms with E-state index in [0.29, 0.717) is 10.6 Å². The third-order valence-corrected chi connectivity index (χ3v) is 3.68. The molecular formula is C13H16ClN3O2. The summed E-state index contributed by atoms with van der Waals surface area (Å²) in [6.07, 6.45) is 6.87. The summed E-state index contributed by atoms with van der Waals surface area (Å²) < 4.78 is 0. The topological polar surface area (TPSA) is 76.3 Å². The molecule has 19 heavy (non-hydrogen) atoms. The van der Waals surface area contributed by atoms with Crippen LogP contribution in [0.25, 0.3) is 0 Å². The molecule has 2 rings (SSSR count). The number of primary amides is 1. The number of pyridine rings is 1. The molecule has 0 aromatic carbocycles. The van der Waals surface area contributed by atoms with E-state index in [-0.39, 0.29) is 18.5 Å². The van der Waals surface area contributed by atoms with Gasteiger partial charge < -0.3 is 10.6 Å². The fraction of sp³-hybridized carbons (Fsp3) is 0.462. The van der Waals surface area contributed by atoms with E-state index in [0.717, 1.165) is 25.7 Å². The molecule has 0 aliphatic heterocycles. The fourth-order valence-electron chi connectivity index (χ4n) is 2.44. The first kappa shape index (κ1) is 13.8. The Kier molecular flexibility index (Phi) is 4.37. The van der Waals surface area contributed by atoms with Crippen LogP contribution in [0, 0.1) is 0 Å². The summed E-state index contributed by atoms with van der Waals surface area (Å²) in [5.74, 6) is -0.788. The summed E-state index contributed by atoms with van der Waals surface area (Å²) in [6, 6.07) is 1.63. The Morgan fingerprint density at radius 3 is 2.68 bits per heavy atom. The SMILES string of the molecule is NC(=O)CN(C(=O)c1cnccc1Cl)C1CCCC1. The van der Waals surface area contributed by atoms with Gasteiger partial charge in [0.1, 0.15) is 0 Å². The monoisotopic (exact) mass is 281 g/mol. The number of carbonyl (C=O) groups is 2. The molecule has 0 unspecified atom stereocenters. The van der Waals surface area contributed by atoms with E-state index in [9.17, 15) is 9.59 Å². The zero-order valence-corrected chi connectivity index (χ0v) is 11.3. The first-order valence-corrected chi connectivity index (χ1v) is 6.66. The average molecular weight is 282 g/mol. The molecule has 0 radical (unpaired) electrons. The summed E-state index contributed by atoms with van der Waals surface area (Å²) in [4.78, 5) is 29.1. The fourth-order valence-corrected chi connectivity index (χ4v) is 2.63. The normalized spacial score (nSPS) is 15.4. The smallest absolute Gasteiger partial charge is 0.257 e. The van der Waals surface area contributed by atoms with Crippen molar-refractivity contribution in [2.75, 3.05) is 6.54 Å². The maximum atomic E-state index is 12.5. The van der Waals surface area contributed by atoms with E-state index >= 15 is 0 Å². The highest BCUT2D eigenvalue weighted by atomic mass is 35.5. The van der Waals surface area contributed by atoms with E-state index in [1.165, 1.54) is 17.3 Å². The standard InChI is InChI=1S/C13H16ClN3O2/c14-11-5-6-16-7-10(11)13(19)17(8-12(15)18)9-3-1-2-4-9/h5-7,9H,1-4,8H2,(H2,15,18). The minimum atomic E-state index is -0.514. The van der Waals surface area contributed by atoms with Gasteiger partial charge in [0.15, 0.2) is 0 Å². The Labute approximate surface area is 116 Å². The summed E-state index contributed by atoms with van der Waals surface area (Å²) >= 11 is 6.00. The van der Waals surface area contributed by atoms with Gasteiger partial charge in [-0.1, -0.05) is 24.4 Å². The van der Waals surface area contributed by atoms with Crippen LogP contribution in [-0.4, -0.2) is 34.3 Å². The highest BCUT2D eigenvalue weighted by Gasteiger charge is 2.29. The van der Waals surface area contributed by atoms with Crippen LogP contribution >= 0.6 is 11.6 Å². The quantitative estimate of drug-likeness (QED) is 0.911. The lowest BCUT2D eigenvalue weighted by Crippen LogP contribution is -2.44. The van der Waals surface area contributed by atoms with E-state index in [1.807, 2.05) is 0 Å². The van der Waals surface area contributed by atoms with Crippen LogP contribution in [0.1, 0.15) is 36.0 Å². The zero-order chi connectivity index (χ0) is 13.8. The van der Waals surface area contributed by atoms with Gasteiger partial charge >= 0.3 is 0 Å². The molecule has 5 nitrogen and oxygen atoms in total. The average Bonchev–Trinajstić information content (AvgIpc) is 2.89. The number of carbonyl (C=O) groups excluding carboxylic acids is 2. The van der Waals surface area contributed by atoms with Gasteiger partial charge in [-0.2, -0.15) is 0 Å². The molecule has 1 aromatic rings. The van der Waals surface area contributed by atoms with Crippen molar-refractivity contribution in [3.05, 3.63) is 29.0 Å². The van der Waals surface area contributed by atoms with Crippen molar-refractivity contribution in [3.63, 3.8) is 0 Å². The summed E-state index contributed by atoms with van der Waals surface area (Å²) in [5, 5.41) is 0.340. The number of hydrogen-bond acceptors (Lipinski definition) is 3. The van der Waals surface area contributed by atoms with Crippen molar-refractivity contribution in [2.24, 2.45) is 5.73 Å². The van der Waals surface area contributed by atoms with Gasteiger partial charge in [0.05, 0.1) is 17.1 Å². The minimum Gasteiger partial charge on any atom is -0.368 e. The molecule has 6 heteroatoms. The molecule has 0 bridgehead atoms. The van der Waals surface area contributed by atoms with Gasteiger partial charge in [-0.3, -0.25) is 14.6 Å². The maximum absolute atomic E-state index is 12.5. The highest BCUT2D eigenvalue weighted by Crippen LogP contribution is 2.26. The Balaban J connectivity index is 2.24. The van der Waals surface area contributed by atoms with Gasteiger partial charge in [-0.05, 0) is 18.9 Å². The molecule has 2 amide bonds. The summed E-state index contributed by atoms with van der Waals surface area (Å²) in [5.41, 5.74) is 5.55. The molecule has 1 fully saturated rings. The van der Waals surface area contributed by atoms with Crippen LogP contribution in [-0.2, 0) is 4.79 Å². The Morgan fingerprint density at radius 2 is 2.11 bits per heavy atom. The lowest BCUT2D eigenvalue weighted by atomic mass is 10.1. The van der Waals surface area contributed by atoms with Crippen LogP contribution in [0.5, 0.6) is 0 Å². The van der Waals surface area contributed by atoms with E-state index in [1.54, 1.807) is 6.07 Å². The number of hydrogen-bond donors (Lipinski definition) is 1. The lowest BCUT2D eigenvalue weighted by Gasteiger charge is -2.28. The molecule has 1 heterocycles. The number of nitrogens with two attached hydrogens (primary N) is 1. The predicted molar refractivity (Wildman–Crippen MR) is 71.7 cm³/mol. The van der Waals surface area contributed by atoms with Crippen molar-refractivity contribution in [1.29, 1.82) is 0 Å². The van der Waals surface area contributed by atoms with Gasteiger partial charge in [0, 0.05) is 18.4 Å². The number of rotatable bonds is 4. The largest absolute Gasteiger partial charge is 0.368 e. The zero-order valence-electron chi connectivity index (χ0n) is 10.5. The summed E-state index contributed by atoms with van der Waals surface area (Å²) in [6.45, 7) is -0.0747. The molecule has 1 aliphatic rings.